The Morgan fingerprint density at radius 1 is 1.03 bits per heavy atom. The quantitative estimate of drug-likeness (QED) is 0.424. The zero-order chi connectivity index (χ0) is 24.1. The third-order valence-electron chi connectivity index (χ3n) is 5.24. The van der Waals surface area contributed by atoms with Crippen LogP contribution in [0.5, 0.6) is 0 Å². The Kier molecular flexibility index (Phi) is 5.99. The number of hydrogen-bond acceptors (Lipinski definition) is 7. The van der Waals surface area contributed by atoms with Gasteiger partial charge >= 0.3 is 6.18 Å². The van der Waals surface area contributed by atoms with Crippen LogP contribution in [0, 0.1) is 0 Å². The maximum absolute atomic E-state index is 12.9. The van der Waals surface area contributed by atoms with Gasteiger partial charge in [-0.1, -0.05) is 39.8 Å². The number of aromatic nitrogens is 3. The molecular formula is C23H25F3N4OS2. The van der Waals surface area contributed by atoms with Crippen LogP contribution >= 0.6 is 23.1 Å². The average Bonchev–Trinajstić information content (AvgIpc) is 3.16. The van der Waals surface area contributed by atoms with Gasteiger partial charge in [-0.05, 0) is 36.6 Å². The van der Waals surface area contributed by atoms with Crippen molar-refractivity contribution in [2.75, 3.05) is 5.32 Å². The number of rotatable bonds is 4. The van der Waals surface area contributed by atoms with Crippen molar-refractivity contribution in [2.24, 2.45) is 0 Å². The van der Waals surface area contributed by atoms with Crippen molar-refractivity contribution in [1.29, 1.82) is 0 Å². The van der Waals surface area contributed by atoms with Gasteiger partial charge in [-0.15, -0.1) is 23.1 Å². The lowest BCUT2D eigenvalue weighted by atomic mass is 9.83. The predicted octanol–water partition coefficient (Wildman–Crippen LogP) is 6.63. The summed E-state index contributed by atoms with van der Waals surface area (Å²) >= 11 is 3.31. The van der Waals surface area contributed by atoms with E-state index in [2.05, 4.69) is 48.0 Å². The van der Waals surface area contributed by atoms with Crippen LogP contribution < -0.4 is 5.32 Å². The van der Waals surface area contributed by atoms with Crippen LogP contribution in [-0.4, -0.2) is 29.6 Å². The van der Waals surface area contributed by atoms with E-state index in [9.17, 15) is 18.3 Å². The van der Waals surface area contributed by atoms with E-state index in [-0.39, 0.29) is 15.4 Å². The van der Waals surface area contributed by atoms with Crippen LogP contribution in [-0.2, 0) is 11.8 Å². The van der Waals surface area contributed by atoms with Crippen LogP contribution in [0.1, 0.15) is 51.2 Å². The van der Waals surface area contributed by atoms with Gasteiger partial charge in [-0.25, -0.2) is 15.0 Å². The summed E-state index contributed by atoms with van der Waals surface area (Å²) in [4.78, 5) is 12.9. The van der Waals surface area contributed by atoms with E-state index in [1.165, 1.54) is 11.3 Å². The molecule has 0 unspecified atom stereocenters. The van der Waals surface area contributed by atoms with Gasteiger partial charge in [0.15, 0.2) is 0 Å². The molecule has 1 aromatic carbocycles. The largest absolute Gasteiger partial charge is 0.433 e. The Hall–Kier alpha value is -2.17. The van der Waals surface area contributed by atoms with Crippen molar-refractivity contribution < 1.29 is 18.3 Å². The number of anilines is 2. The number of alkyl halides is 3. The smallest absolute Gasteiger partial charge is 0.383 e. The number of thioether (sulfide) groups is 1. The second-order valence-electron chi connectivity index (χ2n) is 9.51. The molecule has 2 N–H and O–H groups in total. The second kappa shape index (κ2) is 8.25. The molecule has 0 spiro atoms. The Morgan fingerprint density at radius 3 is 2.39 bits per heavy atom. The molecule has 1 aliphatic heterocycles. The maximum Gasteiger partial charge on any atom is 0.433 e. The maximum atomic E-state index is 12.9. The van der Waals surface area contributed by atoms with Gasteiger partial charge in [-0.2, -0.15) is 13.2 Å². The minimum Gasteiger partial charge on any atom is -0.383 e. The fourth-order valence-electron chi connectivity index (χ4n) is 4.52. The lowest BCUT2D eigenvalue weighted by Crippen LogP contribution is -2.46. The molecule has 0 amide bonds. The molecule has 176 valence electrons. The standard InChI is InChI=1S/C23H25F3N4OS2/c1-20(2)12-22(31,13-21(3,4)33-20)18-28-11-16(32-18)14-6-5-7-15(10-14)29-19-27-9-8-17(30-19)23(24,25)26/h5-11,31H,12-13H2,1-4H3,(H,27,29,30). The highest BCUT2D eigenvalue weighted by Gasteiger charge is 2.49. The summed E-state index contributed by atoms with van der Waals surface area (Å²) in [5.74, 6) is -0.134. The Morgan fingerprint density at radius 2 is 1.73 bits per heavy atom. The molecule has 3 heterocycles. The van der Waals surface area contributed by atoms with E-state index in [4.69, 9.17) is 0 Å². The van der Waals surface area contributed by atoms with Gasteiger partial charge in [0.25, 0.3) is 0 Å². The van der Waals surface area contributed by atoms with Crippen molar-refractivity contribution >= 4 is 34.7 Å². The Bertz CT molecular complexity index is 1140. The monoisotopic (exact) mass is 494 g/mol. The second-order valence-corrected chi connectivity index (χ2v) is 13.0. The molecular weight excluding hydrogens is 469 g/mol. The SMILES string of the molecule is CC1(C)CC(O)(c2ncc(-c3cccc(Nc4nccc(C(F)(F)F)n4)c3)s2)CC(C)(C)S1. The molecule has 10 heteroatoms. The van der Waals surface area contributed by atoms with Gasteiger partial charge in [0.2, 0.25) is 5.95 Å². The van der Waals surface area contributed by atoms with E-state index in [1.807, 2.05) is 17.8 Å². The molecule has 5 nitrogen and oxygen atoms in total. The van der Waals surface area contributed by atoms with Crippen molar-refractivity contribution in [2.45, 2.75) is 61.8 Å². The number of aliphatic hydroxyl groups is 1. The normalized spacial score (nSPS) is 19.3. The van der Waals surface area contributed by atoms with E-state index >= 15 is 0 Å². The molecule has 0 radical (unpaired) electrons. The molecule has 33 heavy (non-hydrogen) atoms. The summed E-state index contributed by atoms with van der Waals surface area (Å²) in [7, 11) is 0. The fourth-order valence-corrected chi connectivity index (χ4v) is 7.64. The van der Waals surface area contributed by atoms with Gasteiger partial charge in [0, 0.05) is 27.6 Å². The van der Waals surface area contributed by atoms with Crippen LogP contribution in [0.2, 0.25) is 0 Å². The molecule has 1 aliphatic rings. The lowest BCUT2D eigenvalue weighted by Gasteiger charge is -2.48. The van der Waals surface area contributed by atoms with Gasteiger partial charge in [0.05, 0.1) is 4.88 Å². The first-order chi connectivity index (χ1) is 15.2. The minimum absolute atomic E-state index is 0.0862. The van der Waals surface area contributed by atoms with Crippen molar-refractivity contribution in [1.82, 2.24) is 15.0 Å². The van der Waals surface area contributed by atoms with E-state index in [1.54, 1.807) is 24.4 Å². The summed E-state index contributed by atoms with van der Waals surface area (Å²) in [6.45, 7) is 8.57. The number of benzene rings is 1. The fraction of sp³-hybridized carbons (Fsp3) is 0.435. The minimum atomic E-state index is -4.54. The first kappa shape index (κ1) is 24.0. The average molecular weight is 495 g/mol. The molecule has 0 saturated carbocycles. The summed E-state index contributed by atoms with van der Waals surface area (Å²) in [6.07, 6.45) is -0.518. The number of nitrogens with one attached hydrogen (secondary N) is 1. The van der Waals surface area contributed by atoms with Crippen molar-refractivity contribution in [3.63, 3.8) is 0 Å². The molecule has 4 rings (SSSR count). The molecule has 2 aromatic heterocycles. The third kappa shape index (κ3) is 5.50. The number of thiazole rings is 1. The lowest BCUT2D eigenvalue weighted by molar-refractivity contribution is -0.141. The first-order valence-corrected chi connectivity index (χ1v) is 12.0. The van der Waals surface area contributed by atoms with Crippen LogP contribution in [0.3, 0.4) is 0 Å². The first-order valence-electron chi connectivity index (χ1n) is 10.4. The topological polar surface area (TPSA) is 70.9 Å². The zero-order valence-electron chi connectivity index (χ0n) is 18.7. The predicted molar refractivity (Wildman–Crippen MR) is 127 cm³/mol. The molecule has 0 atom stereocenters. The van der Waals surface area contributed by atoms with Crippen molar-refractivity contribution in [3.05, 3.63) is 53.4 Å². The van der Waals surface area contributed by atoms with Gasteiger partial charge < -0.3 is 10.4 Å². The number of halogens is 3. The summed E-state index contributed by atoms with van der Waals surface area (Å²) in [5.41, 5.74) is -0.629. The van der Waals surface area contributed by atoms with Crippen molar-refractivity contribution in [3.8, 4) is 10.4 Å². The Balaban J connectivity index is 1.58. The molecule has 1 saturated heterocycles. The number of nitrogens with zero attached hydrogens (tertiary/aromatic N) is 3. The van der Waals surface area contributed by atoms with Crippen LogP contribution in [0.4, 0.5) is 24.8 Å². The molecule has 3 aromatic rings. The summed E-state index contributed by atoms with van der Waals surface area (Å²) in [6, 6.07) is 8.05. The highest BCUT2D eigenvalue weighted by atomic mass is 32.2. The zero-order valence-corrected chi connectivity index (χ0v) is 20.3. The molecule has 1 fully saturated rings. The molecule has 0 aliphatic carbocycles. The highest BCUT2D eigenvalue weighted by molar-refractivity contribution is 8.02. The van der Waals surface area contributed by atoms with Crippen LogP contribution in [0.15, 0.2) is 42.7 Å². The van der Waals surface area contributed by atoms with Crippen LogP contribution in [0.25, 0.3) is 10.4 Å². The number of hydrogen-bond donors (Lipinski definition) is 2. The van der Waals surface area contributed by atoms with Gasteiger partial charge in [0.1, 0.15) is 16.3 Å². The van der Waals surface area contributed by atoms with Gasteiger partial charge in [-0.3, -0.25) is 0 Å². The molecule has 0 bridgehead atoms. The van der Waals surface area contributed by atoms with E-state index in [0.717, 1.165) is 22.7 Å². The summed E-state index contributed by atoms with van der Waals surface area (Å²) < 4.78 is 38.6. The van der Waals surface area contributed by atoms with E-state index in [0.29, 0.717) is 23.5 Å². The Labute approximate surface area is 198 Å². The summed E-state index contributed by atoms with van der Waals surface area (Å²) in [5, 5.41) is 15.0. The van der Waals surface area contributed by atoms with E-state index < -0.39 is 17.5 Å². The highest BCUT2D eigenvalue weighted by Crippen LogP contribution is 2.55. The third-order valence-corrected chi connectivity index (χ3v) is 7.88.